The molecule has 0 saturated carbocycles. The summed E-state index contributed by atoms with van der Waals surface area (Å²) in [6, 6.07) is 4.21. The molecule has 0 bridgehead atoms. The Morgan fingerprint density at radius 1 is 0.671 bits per heavy atom. The molecule has 4 fully saturated rings. The van der Waals surface area contributed by atoms with Crippen molar-refractivity contribution < 1.29 is 73.4 Å². The Bertz CT molecular complexity index is 2880. The molecule has 6 amide bonds. The Labute approximate surface area is 434 Å². The van der Waals surface area contributed by atoms with E-state index in [2.05, 4.69) is 41.2 Å². The van der Waals surface area contributed by atoms with Gasteiger partial charge in [0.1, 0.15) is 24.2 Å². The number of imide groups is 2. The first-order chi connectivity index (χ1) is 35.3. The summed E-state index contributed by atoms with van der Waals surface area (Å²) in [4.78, 5) is 95.5. The van der Waals surface area contributed by atoms with E-state index in [1.165, 1.54) is 9.80 Å². The van der Waals surface area contributed by atoms with Crippen LogP contribution in [0.2, 0.25) is 0 Å². The molecule has 12 rings (SSSR count). The normalized spacial score (nSPS) is 30.7. The highest BCUT2D eigenvalue weighted by molar-refractivity contribution is 6.03. The molecule has 10 aliphatic heterocycles. The highest BCUT2D eigenvalue weighted by Crippen LogP contribution is 2.44. The smallest absolute Gasteiger partial charge is 0.343 e. The molecule has 8 atom stereocenters. The molecule has 2 aromatic rings. The molecule has 10 heterocycles. The first-order valence-electron chi connectivity index (χ1n) is 24.1. The van der Waals surface area contributed by atoms with E-state index in [1.807, 2.05) is 6.07 Å². The maximum absolute atomic E-state index is 13.4. The predicted octanol–water partition coefficient (Wildman–Crippen LogP) is -9.15. The van der Waals surface area contributed by atoms with Crippen LogP contribution in [0.25, 0.3) is 0 Å². The van der Waals surface area contributed by atoms with Crippen molar-refractivity contribution in [2.24, 2.45) is 32.9 Å². The number of rotatable bonds is 8. The lowest BCUT2D eigenvalue weighted by Gasteiger charge is -2.46. The van der Waals surface area contributed by atoms with Crippen LogP contribution in [0.5, 0.6) is 11.5 Å². The summed E-state index contributed by atoms with van der Waals surface area (Å²) in [6.45, 7) is 1.05. The van der Waals surface area contributed by atoms with Crippen LogP contribution in [-0.2, 0) is 37.1 Å². The first-order valence-corrected chi connectivity index (χ1v) is 24.1. The number of likely N-dealkylation sites (tertiary alicyclic amines) is 2. The van der Waals surface area contributed by atoms with Gasteiger partial charge in [0.15, 0.2) is 35.5 Å². The van der Waals surface area contributed by atoms with Crippen LogP contribution < -0.4 is 63.7 Å². The summed E-state index contributed by atoms with van der Waals surface area (Å²) in [5.41, 5.74) is 23.4. The second-order valence-electron chi connectivity index (χ2n) is 19.6. The van der Waals surface area contributed by atoms with Crippen LogP contribution >= 0.6 is 0 Å². The number of para-hydroxylation sites is 1. The van der Waals surface area contributed by atoms with Crippen molar-refractivity contribution in [3.05, 3.63) is 58.7 Å². The minimum Gasteiger partial charge on any atom is -0.490 e. The number of hydrogen-bond donors (Lipinski definition) is 14. The lowest BCUT2D eigenvalue weighted by atomic mass is 9.84. The van der Waals surface area contributed by atoms with E-state index in [0.717, 1.165) is 20.9 Å². The predicted molar refractivity (Wildman–Crippen MR) is 263 cm³/mol. The topological polar surface area (TPSA) is 429 Å². The Kier molecular flexibility index (Phi) is 13.3. The Morgan fingerprint density at radius 3 is 1.64 bits per heavy atom. The van der Waals surface area contributed by atoms with Crippen molar-refractivity contribution in [3.8, 4) is 11.5 Å². The van der Waals surface area contributed by atoms with Crippen molar-refractivity contribution in [2.75, 3.05) is 39.4 Å². The van der Waals surface area contributed by atoms with E-state index in [9.17, 15) is 49.2 Å². The average molecular weight is 1060 g/mol. The number of nitrogens with two attached hydrogens (primary N) is 4. The molecule has 408 valence electrons. The van der Waals surface area contributed by atoms with Gasteiger partial charge < -0.3 is 56.7 Å². The second kappa shape index (κ2) is 19.1. The van der Waals surface area contributed by atoms with Gasteiger partial charge in [-0.05, 0) is 29.3 Å². The molecule has 29 heteroatoms. The fourth-order valence-electron chi connectivity index (χ4n) is 11.9. The summed E-state index contributed by atoms with van der Waals surface area (Å²) in [6.07, 6.45) is 1.07. The minimum absolute atomic E-state index is 0. The van der Waals surface area contributed by atoms with Gasteiger partial charge in [0.2, 0.25) is 35.2 Å². The van der Waals surface area contributed by atoms with Crippen molar-refractivity contribution in [1.82, 2.24) is 40.9 Å². The number of aliphatic hydroxyl groups is 4. The van der Waals surface area contributed by atoms with Gasteiger partial charge in [-0.25, -0.2) is 20.6 Å². The number of benzene rings is 2. The molecule has 0 aromatic heterocycles. The van der Waals surface area contributed by atoms with E-state index in [0.29, 0.717) is 37.6 Å². The molecule has 18 N–H and O–H groups in total. The zero-order valence-corrected chi connectivity index (χ0v) is 39.6. The summed E-state index contributed by atoms with van der Waals surface area (Å²) in [5.74, 6) is -7.03. The Hall–Kier alpha value is -7.86. The number of amides is 6. The summed E-state index contributed by atoms with van der Waals surface area (Å²) in [7, 11) is 0. The van der Waals surface area contributed by atoms with E-state index in [1.54, 1.807) is 30.3 Å². The number of carbonyl (C=O) groups is 6. The van der Waals surface area contributed by atoms with Gasteiger partial charge in [-0.2, -0.15) is 0 Å². The Balaban J connectivity index is 0.000000181. The quantitative estimate of drug-likeness (QED) is 0.0862. The number of aliphatic imine (C=N–C) groups is 2. The van der Waals surface area contributed by atoms with Gasteiger partial charge >= 0.3 is 11.9 Å². The summed E-state index contributed by atoms with van der Waals surface area (Å²) < 4.78 is 16.9. The highest BCUT2D eigenvalue weighted by Gasteiger charge is 2.78. The lowest BCUT2D eigenvalue weighted by molar-refractivity contribution is -0.522. The van der Waals surface area contributed by atoms with Gasteiger partial charge in [0, 0.05) is 37.7 Å². The molecule has 4 unspecified atom stereocenters. The zero-order valence-electron chi connectivity index (χ0n) is 39.6. The zero-order chi connectivity index (χ0) is 52.2. The van der Waals surface area contributed by atoms with Crippen LogP contribution in [0.3, 0.4) is 0 Å². The van der Waals surface area contributed by atoms with E-state index < -0.39 is 71.0 Å². The molecule has 4 saturated heterocycles. The van der Waals surface area contributed by atoms with Gasteiger partial charge in [0.05, 0.1) is 58.2 Å². The van der Waals surface area contributed by atoms with E-state index in [-0.39, 0.29) is 132 Å². The second-order valence-corrected chi connectivity index (χ2v) is 19.6. The first kappa shape index (κ1) is 53.0. The van der Waals surface area contributed by atoms with Crippen LogP contribution in [0, 0.1) is 0 Å². The molecular formula is C47H64N16O13+2. The number of nitrogens with zero attached hydrogens (tertiary/aromatic N) is 6. The monoisotopic (exact) mass is 1060 g/mol. The maximum atomic E-state index is 13.4. The molecule has 29 nitrogen and oxygen atoms in total. The van der Waals surface area contributed by atoms with Crippen molar-refractivity contribution in [1.29, 1.82) is 0 Å². The third kappa shape index (κ3) is 7.93. The van der Waals surface area contributed by atoms with Crippen LogP contribution in [0.4, 0.5) is 0 Å². The molecule has 76 heavy (non-hydrogen) atoms. The number of ether oxygens (including phenoxy) is 3. The number of nitrogens with one attached hydrogen (secondary N) is 6. The number of guanidine groups is 4. The molecule has 2 aromatic carbocycles. The molecule has 2 spiro atoms. The van der Waals surface area contributed by atoms with Crippen molar-refractivity contribution >= 4 is 59.3 Å². The van der Waals surface area contributed by atoms with E-state index in [4.69, 9.17) is 37.1 Å². The van der Waals surface area contributed by atoms with Gasteiger partial charge in [0.25, 0.3) is 23.1 Å². The van der Waals surface area contributed by atoms with Crippen LogP contribution in [0.1, 0.15) is 78.8 Å². The minimum atomic E-state index is -2.64. The molecule has 0 aliphatic carbocycles. The molecule has 10 aliphatic rings. The third-order valence-corrected chi connectivity index (χ3v) is 15.5. The van der Waals surface area contributed by atoms with Crippen molar-refractivity contribution in [2.45, 2.75) is 119 Å². The maximum Gasteiger partial charge on any atom is 0.343 e. The van der Waals surface area contributed by atoms with Gasteiger partial charge in [-0.1, -0.05) is 33.1 Å². The van der Waals surface area contributed by atoms with Gasteiger partial charge in [-0.15, -0.1) is 0 Å². The number of fused-ring (bicyclic) bond motifs is 2. The summed E-state index contributed by atoms with van der Waals surface area (Å²) >= 11 is 0. The van der Waals surface area contributed by atoms with Crippen LogP contribution in [-0.4, -0.2) is 198 Å². The largest absolute Gasteiger partial charge is 0.490 e. The summed E-state index contributed by atoms with van der Waals surface area (Å²) in [5, 5.41) is 57.6. The fraction of sp³-hybridized carbons (Fsp3) is 0.532. The highest BCUT2D eigenvalue weighted by atomic mass is 16.5. The fourth-order valence-corrected chi connectivity index (χ4v) is 11.9. The lowest BCUT2D eigenvalue weighted by Crippen LogP contribution is -2.90. The molecular weight excluding hydrogens is 997 g/mol. The SMILES string of the molecule is C.C.NC1=N[C@@H](CN2C(=O)CCC2=O)[C@@H]2[NH+]=C(N)NC23N1CC(NC(=O)c1cccc2c1COC2)C3(O)O.NC1=N[C@@H](CN2C(=O)CCC2=O)[C@@H]2[NH+]=C(N)NC23N1CC(NC(=O)c1cccc2c1OCCCO2)C3(O)O. The standard InChI is InChI=1S/C23H28N8O7.C22H26N8O6.2CH4/c24-20-28-18-12(9-30-15(32)5-6-16(30)33)26-21(25)31-10-14(23(35,36)22(18,31)29-20)27-19(34)11-3-1-4-13-17(11)38-8-2-7-37-13;23-19-27-17-13(6-29-15(31)4-5-16(29)32)25-20(24)30-7-14(22(34,35)21(17,30)28-19)26-18(33)11-3-1-2-10-8-36-9-12(10)11;;/h1,3-4,12,14,18,35-36H,2,5-10H2,(H2,25,26)(H,27,34)(H3,24,28,29);1-3,13-14,17,34-35H,4-9H2,(H2,24,25)(H,26,33)(H3,23,27,28);2*1H4/p+2/t12-,14?,18-,22?;13-,14?,17-,21?;;/m00../s1. The van der Waals surface area contributed by atoms with Crippen molar-refractivity contribution in [3.63, 3.8) is 0 Å². The Morgan fingerprint density at radius 2 is 1.13 bits per heavy atom. The number of hydrogen-bond acceptors (Lipinski definition) is 23. The van der Waals surface area contributed by atoms with Gasteiger partial charge in [-0.3, -0.25) is 69.8 Å². The third-order valence-electron chi connectivity index (χ3n) is 15.5. The molecule has 0 radical (unpaired) electrons. The number of carbonyl (C=O) groups excluding carboxylic acids is 6. The van der Waals surface area contributed by atoms with Crippen LogP contribution in [0.15, 0.2) is 46.4 Å². The van der Waals surface area contributed by atoms with E-state index >= 15 is 0 Å². The average Bonchev–Trinajstić information content (AvgIpc) is 4.31.